The molecule has 0 saturated heterocycles. The van der Waals surface area contributed by atoms with E-state index in [9.17, 15) is 22.0 Å². The number of alkyl halides is 4. The second-order valence-corrected chi connectivity index (χ2v) is 3.31. The lowest BCUT2D eigenvalue weighted by Crippen LogP contribution is -2.18. The number of hydrogen-bond donors (Lipinski definition) is 1. The third kappa shape index (κ3) is 2.91. The Morgan fingerprint density at radius 3 is 2.38 bits per heavy atom. The minimum Gasteiger partial charge on any atom is -0.324 e. The van der Waals surface area contributed by atoms with E-state index in [2.05, 4.69) is 0 Å². The zero-order valence-electron chi connectivity index (χ0n) is 8.19. The van der Waals surface area contributed by atoms with Crippen LogP contribution in [-0.2, 0) is 6.18 Å². The average molecular weight is 239 g/mol. The third-order valence-electron chi connectivity index (χ3n) is 2.14. The van der Waals surface area contributed by atoms with E-state index in [0.29, 0.717) is 18.2 Å². The highest BCUT2D eigenvalue weighted by atomic mass is 19.4. The van der Waals surface area contributed by atoms with Gasteiger partial charge in [-0.1, -0.05) is 0 Å². The maximum Gasteiger partial charge on any atom is 0.416 e. The van der Waals surface area contributed by atoms with Crippen LogP contribution in [0.3, 0.4) is 0 Å². The molecule has 0 aliphatic carbocycles. The second kappa shape index (κ2) is 4.78. The molecule has 0 amide bonds. The van der Waals surface area contributed by atoms with Crippen molar-refractivity contribution in [3.05, 3.63) is 35.1 Å². The van der Waals surface area contributed by atoms with E-state index in [1.54, 1.807) is 0 Å². The van der Waals surface area contributed by atoms with Gasteiger partial charge in [0.15, 0.2) is 0 Å². The topological polar surface area (TPSA) is 26.0 Å². The Morgan fingerprint density at radius 1 is 1.25 bits per heavy atom. The number of nitrogens with two attached hydrogens (primary N) is 1. The number of benzene rings is 1. The van der Waals surface area contributed by atoms with Crippen LogP contribution in [-0.4, -0.2) is 6.67 Å². The van der Waals surface area contributed by atoms with Gasteiger partial charge in [-0.05, 0) is 30.2 Å². The van der Waals surface area contributed by atoms with Gasteiger partial charge in [-0.15, -0.1) is 0 Å². The van der Waals surface area contributed by atoms with Crippen molar-refractivity contribution in [2.45, 2.75) is 18.6 Å². The molecule has 1 nitrogen and oxygen atoms in total. The molecule has 0 fully saturated rings. The Kier molecular flexibility index (Phi) is 3.85. The Hall–Kier alpha value is -1.17. The van der Waals surface area contributed by atoms with E-state index in [0.717, 1.165) is 0 Å². The summed E-state index contributed by atoms with van der Waals surface area (Å²) in [5.74, 6) is -0.822. The molecule has 0 unspecified atom stereocenters. The number of halogens is 5. The molecule has 1 rings (SSSR count). The molecule has 90 valence electrons. The van der Waals surface area contributed by atoms with Gasteiger partial charge in [-0.2, -0.15) is 13.2 Å². The van der Waals surface area contributed by atoms with E-state index >= 15 is 0 Å². The molecule has 16 heavy (non-hydrogen) atoms. The van der Waals surface area contributed by atoms with Crippen molar-refractivity contribution in [2.75, 3.05) is 6.67 Å². The molecule has 0 aliphatic heterocycles. The normalized spacial score (nSPS) is 13.9. The Morgan fingerprint density at radius 2 is 1.88 bits per heavy atom. The summed E-state index contributed by atoms with van der Waals surface area (Å²) in [6.45, 7) is -0.852. The van der Waals surface area contributed by atoms with Crippen molar-refractivity contribution in [3.8, 4) is 0 Å². The molecule has 0 saturated carbocycles. The minimum atomic E-state index is -4.61. The molecule has 0 aromatic heterocycles. The Bertz CT molecular complexity index is 361. The van der Waals surface area contributed by atoms with Gasteiger partial charge in [0.25, 0.3) is 0 Å². The monoisotopic (exact) mass is 239 g/mol. The maximum absolute atomic E-state index is 12.8. The van der Waals surface area contributed by atoms with Crippen molar-refractivity contribution < 1.29 is 22.0 Å². The standard InChI is InChI=1S/C10H10F5N/c11-4-3-9(16)7-5-6(12)1-2-8(7)10(13,14)15/h1-2,5,9H,3-4,16H2/t9-/m1/s1. The van der Waals surface area contributed by atoms with E-state index < -0.39 is 35.8 Å². The van der Waals surface area contributed by atoms with Crippen LogP contribution in [0.25, 0.3) is 0 Å². The zero-order valence-corrected chi connectivity index (χ0v) is 8.19. The summed E-state index contributed by atoms with van der Waals surface area (Å²) < 4.78 is 62.3. The maximum atomic E-state index is 12.8. The summed E-state index contributed by atoms with van der Waals surface area (Å²) in [6, 6.07) is 0.859. The molecule has 2 N–H and O–H groups in total. The van der Waals surface area contributed by atoms with Crippen molar-refractivity contribution in [3.63, 3.8) is 0 Å². The molecule has 1 aromatic rings. The van der Waals surface area contributed by atoms with Gasteiger partial charge in [0.1, 0.15) is 5.82 Å². The lowest BCUT2D eigenvalue weighted by molar-refractivity contribution is -0.138. The number of rotatable bonds is 3. The second-order valence-electron chi connectivity index (χ2n) is 3.31. The molecule has 0 bridgehead atoms. The van der Waals surface area contributed by atoms with E-state index in [1.807, 2.05) is 0 Å². The van der Waals surface area contributed by atoms with Crippen LogP contribution in [0, 0.1) is 5.82 Å². The summed E-state index contributed by atoms with van der Waals surface area (Å²) >= 11 is 0. The molecule has 0 spiro atoms. The van der Waals surface area contributed by atoms with Crippen LogP contribution >= 0.6 is 0 Å². The van der Waals surface area contributed by atoms with Gasteiger partial charge < -0.3 is 5.73 Å². The molecule has 1 atom stereocenters. The smallest absolute Gasteiger partial charge is 0.324 e. The predicted octanol–water partition coefficient (Wildman–Crippen LogP) is 3.20. The molecule has 1 aromatic carbocycles. The fourth-order valence-electron chi connectivity index (χ4n) is 1.37. The highest BCUT2D eigenvalue weighted by Crippen LogP contribution is 2.35. The van der Waals surface area contributed by atoms with Crippen molar-refractivity contribution in [1.29, 1.82) is 0 Å². The summed E-state index contributed by atoms with van der Waals surface area (Å²) in [5, 5.41) is 0. The summed E-state index contributed by atoms with van der Waals surface area (Å²) in [6.07, 6.45) is -4.89. The van der Waals surface area contributed by atoms with Gasteiger partial charge in [0.05, 0.1) is 12.2 Å². The van der Waals surface area contributed by atoms with E-state index in [1.165, 1.54) is 0 Å². The average Bonchev–Trinajstić information content (AvgIpc) is 2.16. The SMILES string of the molecule is N[C@H](CCF)c1cc(F)ccc1C(F)(F)F. The molecular weight excluding hydrogens is 229 g/mol. The largest absolute Gasteiger partial charge is 0.416 e. The fraction of sp³-hybridized carbons (Fsp3) is 0.400. The molecule has 0 heterocycles. The fourth-order valence-corrected chi connectivity index (χ4v) is 1.37. The zero-order chi connectivity index (χ0) is 12.3. The van der Waals surface area contributed by atoms with E-state index in [-0.39, 0.29) is 6.42 Å². The predicted molar refractivity (Wildman–Crippen MR) is 48.9 cm³/mol. The highest BCUT2D eigenvalue weighted by Gasteiger charge is 2.34. The van der Waals surface area contributed by atoms with Crippen molar-refractivity contribution in [1.82, 2.24) is 0 Å². The van der Waals surface area contributed by atoms with Crippen LogP contribution in [0.4, 0.5) is 22.0 Å². The minimum absolute atomic E-state index is 0.271. The molecular formula is C10H10F5N. The Labute approximate surface area is 89.1 Å². The van der Waals surface area contributed by atoms with Gasteiger partial charge >= 0.3 is 6.18 Å². The lowest BCUT2D eigenvalue weighted by atomic mass is 9.98. The Balaban J connectivity index is 3.18. The first kappa shape index (κ1) is 12.9. The van der Waals surface area contributed by atoms with Gasteiger partial charge in [0, 0.05) is 6.04 Å². The van der Waals surface area contributed by atoms with Crippen LogP contribution < -0.4 is 5.73 Å². The first-order valence-electron chi connectivity index (χ1n) is 4.54. The van der Waals surface area contributed by atoms with Crippen molar-refractivity contribution in [2.24, 2.45) is 5.73 Å². The molecule has 0 radical (unpaired) electrons. The number of hydrogen-bond acceptors (Lipinski definition) is 1. The summed E-state index contributed by atoms with van der Waals surface area (Å²) in [5.41, 5.74) is 3.93. The lowest BCUT2D eigenvalue weighted by Gasteiger charge is -2.17. The van der Waals surface area contributed by atoms with Gasteiger partial charge in [-0.3, -0.25) is 4.39 Å². The highest BCUT2D eigenvalue weighted by molar-refractivity contribution is 5.32. The first-order valence-corrected chi connectivity index (χ1v) is 4.54. The van der Waals surface area contributed by atoms with Gasteiger partial charge in [-0.25, -0.2) is 4.39 Å². The third-order valence-corrected chi connectivity index (χ3v) is 2.14. The first-order chi connectivity index (χ1) is 7.36. The van der Waals surface area contributed by atoms with Crippen molar-refractivity contribution >= 4 is 0 Å². The van der Waals surface area contributed by atoms with Crippen LogP contribution in [0.5, 0.6) is 0 Å². The molecule has 0 aliphatic rings. The summed E-state index contributed by atoms with van der Waals surface area (Å²) in [4.78, 5) is 0. The quantitative estimate of drug-likeness (QED) is 0.805. The van der Waals surface area contributed by atoms with Crippen LogP contribution in [0.15, 0.2) is 18.2 Å². The van der Waals surface area contributed by atoms with Gasteiger partial charge in [0.2, 0.25) is 0 Å². The van der Waals surface area contributed by atoms with Crippen LogP contribution in [0.1, 0.15) is 23.6 Å². The van der Waals surface area contributed by atoms with Crippen LogP contribution in [0.2, 0.25) is 0 Å². The summed E-state index contributed by atoms with van der Waals surface area (Å²) in [7, 11) is 0. The van der Waals surface area contributed by atoms with E-state index in [4.69, 9.17) is 5.73 Å². The molecule has 6 heteroatoms.